The van der Waals surface area contributed by atoms with Crippen LogP contribution in [0.2, 0.25) is 0 Å². The summed E-state index contributed by atoms with van der Waals surface area (Å²) in [6.45, 7) is 7.65. The summed E-state index contributed by atoms with van der Waals surface area (Å²) >= 11 is 0. The normalized spacial score (nSPS) is 19.2. The zero-order valence-electron chi connectivity index (χ0n) is 20.4. The lowest BCUT2D eigenvalue weighted by Gasteiger charge is -2.32. The van der Waals surface area contributed by atoms with Crippen molar-refractivity contribution in [2.75, 3.05) is 32.8 Å². The molecule has 6 nitrogen and oxygen atoms in total. The molecule has 2 heterocycles. The summed E-state index contributed by atoms with van der Waals surface area (Å²) in [4.78, 5) is 11.8. The highest BCUT2D eigenvalue weighted by Gasteiger charge is 2.21. The molecule has 1 fully saturated rings. The standard InChI is InChI=1S/C27H39N5O.HI/c1-2-28-27(31-23-14-18-32(19-15-23)21-24-11-5-6-16-29-24)30-17-8-20-33-26-13-7-10-22-9-3-4-12-25(22)26;/h3-6,9,11-12,16,23,26H,2,7-8,10,13-15,17-21H2,1H3,(H2,28,30,31);1H. The van der Waals surface area contributed by atoms with Gasteiger partial charge in [0.1, 0.15) is 0 Å². The van der Waals surface area contributed by atoms with Gasteiger partial charge in [0, 0.05) is 51.6 Å². The molecule has 1 aliphatic carbocycles. The summed E-state index contributed by atoms with van der Waals surface area (Å²) in [5.74, 6) is 0.934. The number of guanidine groups is 1. The van der Waals surface area contributed by atoms with Crippen molar-refractivity contribution >= 4 is 29.9 Å². The third-order valence-electron chi connectivity index (χ3n) is 6.59. The Morgan fingerprint density at radius 2 is 1.94 bits per heavy atom. The number of hydrogen-bond acceptors (Lipinski definition) is 4. The van der Waals surface area contributed by atoms with Crippen LogP contribution < -0.4 is 10.6 Å². The summed E-state index contributed by atoms with van der Waals surface area (Å²) in [7, 11) is 0. The number of nitrogens with zero attached hydrogens (tertiary/aromatic N) is 3. The lowest BCUT2D eigenvalue weighted by molar-refractivity contribution is 0.0402. The van der Waals surface area contributed by atoms with Crippen LogP contribution in [-0.4, -0.2) is 54.7 Å². The minimum absolute atomic E-state index is 0. The molecule has 2 aliphatic rings. The molecular formula is C27H40IN5O. The number of ether oxygens (including phenoxy) is 1. The van der Waals surface area contributed by atoms with Crippen LogP contribution in [0.15, 0.2) is 53.7 Å². The molecule has 2 aromatic rings. The number of fused-ring (bicyclic) bond motifs is 1. The number of hydrogen-bond donors (Lipinski definition) is 2. The molecular weight excluding hydrogens is 537 g/mol. The van der Waals surface area contributed by atoms with Crippen LogP contribution in [-0.2, 0) is 17.7 Å². The molecule has 1 atom stereocenters. The zero-order chi connectivity index (χ0) is 22.7. The Hall–Kier alpha value is -1.71. The predicted octanol–water partition coefficient (Wildman–Crippen LogP) is 4.70. The Labute approximate surface area is 222 Å². The van der Waals surface area contributed by atoms with E-state index in [4.69, 9.17) is 9.73 Å². The zero-order valence-corrected chi connectivity index (χ0v) is 22.7. The minimum Gasteiger partial charge on any atom is -0.373 e. The number of likely N-dealkylation sites (tertiary alicyclic amines) is 1. The second-order valence-corrected chi connectivity index (χ2v) is 9.08. The highest BCUT2D eigenvalue weighted by molar-refractivity contribution is 14.0. The van der Waals surface area contributed by atoms with Crippen LogP contribution in [0, 0.1) is 0 Å². The fourth-order valence-electron chi connectivity index (χ4n) is 4.83. The smallest absolute Gasteiger partial charge is 0.191 e. The predicted molar refractivity (Wildman–Crippen MR) is 150 cm³/mol. The van der Waals surface area contributed by atoms with E-state index in [2.05, 4.69) is 63.8 Å². The van der Waals surface area contributed by atoms with E-state index >= 15 is 0 Å². The van der Waals surface area contributed by atoms with E-state index in [0.29, 0.717) is 6.04 Å². The third-order valence-corrected chi connectivity index (χ3v) is 6.59. The highest BCUT2D eigenvalue weighted by atomic mass is 127. The lowest BCUT2D eigenvalue weighted by Crippen LogP contribution is -2.48. The van der Waals surface area contributed by atoms with Gasteiger partial charge in [-0.15, -0.1) is 24.0 Å². The Bertz CT molecular complexity index is 870. The molecule has 34 heavy (non-hydrogen) atoms. The Balaban J connectivity index is 0.00000324. The number of aliphatic imine (C=N–C) groups is 1. The van der Waals surface area contributed by atoms with Crippen LogP contribution in [0.4, 0.5) is 0 Å². The van der Waals surface area contributed by atoms with Gasteiger partial charge >= 0.3 is 0 Å². The maximum absolute atomic E-state index is 6.24. The van der Waals surface area contributed by atoms with Gasteiger partial charge in [0.15, 0.2) is 5.96 Å². The first-order valence-electron chi connectivity index (χ1n) is 12.7. The summed E-state index contributed by atoms with van der Waals surface area (Å²) < 4.78 is 6.24. The van der Waals surface area contributed by atoms with E-state index in [0.717, 1.165) is 76.7 Å². The van der Waals surface area contributed by atoms with Gasteiger partial charge < -0.3 is 15.4 Å². The molecule has 4 rings (SSSR count). The van der Waals surface area contributed by atoms with Crippen LogP contribution in [0.5, 0.6) is 0 Å². The summed E-state index contributed by atoms with van der Waals surface area (Å²) in [5.41, 5.74) is 3.99. The monoisotopic (exact) mass is 577 g/mol. The molecule has 1 aromatic heterocycles. The number of benzene rings is 1. The van der Waals surface area contributed by atoms with Crippen LogP contribution in [0.1, 0.15) is 62.0 Å². The summed E-state index contributed by atoms with van der Waals surface area (Å²) in [6.07, 6.45) is 8.85. The largest absolute Gasteiger partial charge is 0.373 e. The van der Waals surface area contributed by atoms with Gasteiger partial charge in [0.2, 0.25) is 0 Å². The molecule has 1 aliphatic heterocycles. The number of rotatable bonds is 9. The van der Waals surface area contributed by atoms with Crippen LogP contribution in [0.25, 0.3) is 0 Å². The lowest BCUT2D eigenvalue weighted by atomic mass is 9.89. The quantitative estimate of drug-likeness (QED) is 0.196. The second kappa shape index (κ2) is 14.6. The Morgan fingerprint density at radius 3 is 2.74 bits per heavy atom. The fourth-order valence-corrected chi connectivity index (χ4v) is 4.83. The van der Waals surface area contributed by atoms with Crippen molar-refractivity contribution in [3.05, 3.63) is 65.5 Å². The first kappa shape index (κ1) is 26.9. The van der Waals surface area contributed by atoms with Gasteiger partial charge in [-0.2, -0.15) is 0 Å². The third kappa shape index (κ3) is 8.20. The molecule has 0 saturated carbocycles. The second-order valence-electron chi connectivity index (χ2n) is 9.08. The van der Waals surface area contributed by atoms with E-state index in [1.165, 1.54) is 24.0 Å². The molecule has 0 bridgehead atoms. The number of piperidine rings is 1. The molecule has 0 radical (unpaired) electrons. The van der Waals surface area contributed by atoms with Crippen molar-refractivity contribution in [3.8, 4) is 0 Å². The maximum atomic E-state index is 6.24. The van der Waals surface area contributed by atoms with Gasteiger partial charge in [0.05, 0.1) is 11.8 Å². The molecule has 0 spiro atoms. The molecule has 0 amide bonds. The average Bonchev–Trinajstić information content (AvgIpc) is 2.86. The van der Waals surface area contributed by atoms with Gasteiger partial charge in [-0.3, -0.25) is 14.9 Å². The topological polar surface area (TPSA) is 61.8 Å². The summed E-state index contributed by atoms with van der Waals surface area (Å²) in [5, 5.41) is 7.06. The fraction of sp³-hybridized carbons (Fsp3) is 0.556. The van der Waals surface area contributed by atoms with Gasteiger partial charge in [0.25, 0.3) is 0 Å². The van der Waals surface area contributed by atoms with Crippen LogP contribution >= 0.6 is 24.0 Å². The van der Waals surface area contributed by atoms with Crippen LogP contribution in [0.3, 0.4) is 0 Å². The van der Waals surface area contributed by atoms with Crippen molar-refractivity contribution in [2.24, 2.45) is 4.99 Å². The highest BCUT2D eigenvalue weighted by Crippen LogP contribution is 2.32. The van der Waals surface area contributed by atoms with Gasteiger partial charge in [-0.05, 0) is 68.7 Å². The average molecular weight is 578 g/mol. The molecule has 1 saturated heterocycles. The molecule has 7 heteroatoms. The van der Waals surface area contributed by atoms with E-state index in [-0.39, 0.29) is 30.1 Å². The van der Waals surface area contributed by atoms with E-state index < -0.39 is 0 Å². The van der Waals surface area contributed by atoms with Crippen molar-refractivity contribution in [2.45, 2.75) is 64.1 Å². The van der Waals surface area contributed by atoms with Gasteiger partial charge in [-0.1, -0.05) is 30.3 Å². The maximum Gasteiger partial charge on any atom is 0.191 e. The van der Waals surface area contributed by atoms with Crippen molar-refractivity contribution in [3.63, 3.8) is 0 Å². The first-order valence-corrected chi connectivity index (χ1v) is 12.7. The van der Waals surface area contributed by atoms with Crippen molar-refractivity contribution < 1.29 is 4.74 Å². The van der Waals surface area contributed by atoms with Gasteiger partial charge in [-0.25, -0.2) is 0 Å². The molecule has 1 unspecified atom stereocenters. The number of nitrogens with one attached hydrogen (secondary N) is 2. The number of aromatic nitrogens is 1. The molecule has 2 N–H and O–H groups in total. The molecule has 1 aromatic carbocycles. The summed E-state index contributed by atoms with van der Waals surface area (Å²) in [6, 6.07) is 15.3. The number of pyridine rings is 1. The van der Waals surface area contributed by atoms with Crippen molar-refractivity contribution in [1.29, 1.82) is 0 Å². The Morgan fingerprint density at radius 1 is 1.12 bits per heavy atom. The first-order chi connectivity index (χ1) is 16.3. The molecule has 186 valence electrons. The van der Waals surface area contributed by atoms with Crippen molar-refractivity contribution in [1.82, 2.24) is 20.5 Å². The van der Waals surface area contributed by atoms with E-state index in [9.17, 15) is 0 Å². The number of halogens is 1. The SMILES string of the molecule is CCNC(=NCCCOC1CCCc2ccccc21)NC1CCN(Cc2ccccn2)CC1.I. The van der Waals surface area contributed by atoms with E-state index in [1.807, 2.05) is 12.3 Å². The number of aryl methyl sites for hydroxylation is 1. The van der Waals surface area contributed by atoms with E-state index in [1.54, 1.807) is 0 Å². The Kier molecular flexibility index (Phi) is 11.6. The minimum atomic E-state index is 0.